The highest BCUT2D eigenvalue weighted by Crippen LogP contribution is 2.34. The standard InChI is InChI=1S/C15H21N3S/c1-9-6-7-11(15(3,4)5)8-12(9)13-10(2)19-14(17-13)18-16/h6-8H,16H2,1-5H3,(H,17,18). The fourth-order valence-electron chi connectivity index (χ4n) is 2.05. The SMILES string of the molecule is Cc1ccc(C(C)(C)C)cc1-c1nc(NN)sc1C. The number of thiazole rings is 1. The van der Waals surface area contributed by atoms with Crippen LogP contribution in [0.2, 0.25) is 0 Å². The zero-order chi connectivity index (χ0) is 14.2. The van der Waals surface area contributed by atoms with Crippen LogP contribution in [-0.4, -0.2) is 4.98 Å². The lowest BCUT2D eigenvalue weighted by Crippen LogP contribution is -2.11. The molecule has 3 N–H and O–H groups in total. The third-order valence-electron chi connectivity index (χ3n) is 3.28. The van der Waals surface area contributed by atoms with Crippen LogP contribution in [0, 0.1) is 13.8 Å². The number of rotatable bonds is 2. The van der Waals surface area contributed by atoms with Crippen molar-refractivity contribution in [3.63, 3.8) is 0 Å². The van der Waals surface area contributed by atoms with Crippen LogP contribution in [0.5, 0.6) is 0 Å². The van der Waals surface area contributed by atoms with Crippen molar-refractivity contribution in [2.24, 2.45) is 5.84 Å². The van der Waals surface area contributed by atoms with Gasteiger partial charge in [0.2, 0.25) is 0 Å². The first-order chi connectivity index (χ1) is 8.82. The summed E-state index contributed by atoms with van der Waals surface area (Å²) in [5.74, 6) is 5.45. The number of hydrogen-bond donors (Lipinski definition) is 2. The van der Waals surface area contributed by atoms with Crippen molar-refractivity contribution in [3.05, 3.63) is 34.2 Å². The fourth-order valence-corrected chi connectivity index (χ4v) is 2.79. The Bertz CT molecular complexity index is 594. The molecule has 0 bridgehead atoms. The lowest BCUT2D eigenvalue weighted by atomic mass is 9.85. The maximum Gasteiger partial charge on any atom is 0.197 e. The number of aryl methyl sites for hydroxylation is 2. The van der Waals surface area contributed by atoms with Gasteiger partial charge in [-0.05, 0) is 36.5 Å². The molecule has 0 amide bonds. The van der Waals surface area contributed by atoms with Crippen molar-refractivity contribution in [1.29, 1.82) is 0 Å². The molecule has 0 aliphatic rings. The van der Waals surface area contributed by atoms with Gasteiger partial charge in [-0.2, -0.15) is 0 Å². The van der Waals surface area contributed by atoms with Gasteiger partial charge >= 0.3 is 0 Å². The largest absolute Gasteiger partial charge is 0.300 e. The van der Waals surface area contributed by atoms with E-state index in [4.69, 9.17) is 5.84 Å². The molecule has 0 aliphatic heterocycles. The zero-order valence-corrected chi connectivity index (χ0v) is 13.0. The third kappa shape index (κ3) is 2.80. The number of nitrogens with one attached hydrogen (secondary N) is 1. The van der Waals surface area contributed by atoms with Gasteiger partial charge in [-0.25, -0.2) is 10.8 Å². The number of anilines is 1. The number of benzene rings is 1. The average Bonchev–Trinajstić information content (AvgIpc) is 2.69. The van der Waals surface area contributed by atoms with Crippen LogP contribution in [0.3, 0.4) is 0 Å². The van der Waals surface area contributed by atoms with E-state index in [2.05, 4.69) is 63.2 Å². The molecular weight excluding hydrogens is 254 g/mol. The van der Waals surface area contributed by atoms with Crippen molar-refractivity contribution in [2.45, 2.75) is 40.0 Å². The van der Waals surface area contributed by atoms with Crippen molar-refractivity contribution in [2.75, 3.05) is 5.43 Å². The minimum absolute atomic E-state index is 0.140. The van der Waals surface area contributed by atoms with E-state index in [1.165, 1.54) is 21.6 Å². The molecule has 0 atom stereocenters. The van der Waals surface area contributed by atoms with Gasteiger partial charge in [0.1, 0.15) is 0 Å². The maximum absolute atomic E-state index is 5.45. The van der Waals surface area contributed by atoms with Gasteiger partial charge in [0.05, 0.1) is 5.69 Å². The van der Waals surface area contributed by atoms with Gasteiger partial charge in [0.25, 0.3) is 0 Å². The van der Waals surface area contributed by atoms with Crippen LogP contribution < -0.4 is 11.3 Å². The molecular formula is C15H21N3S. The Hall–Kier alpha value is -1.39. The lowest BCUT2D eigenvalue weighted by molar-refractivity contribution is 0.590. The number of nitrogens with two attached hydrogens (primary N) is 1. The van der Waals surface area contributed by atoms with E-state index in [0.29, 0.717) is 0 Å². The van der Waals surface area contributed by atoms with Crippen LogP contribution in [0.25, 0.3) is 11.3 Å². The first-order valence-electron chi connectivity index (χ1n) is 6.38. The van der Waals surface area contributed by atoms with Crippen LogP contribution >= 0.6 is 11.3 Å². The normalized spacial score (nSPS) is 11.7. The van der Waals surface area contributed by atoms with Crippen LogP contribution in [0.15, 0.2) is 18.2 Å². The van der Waals surface area contributed by atoms with E-state index in [1.807, 2.05) is 0 Å². The molecule has 0 spiro atoms. The van der Waals surface area contributed by atoms with E-state index < -0.39 is 0 Å². The number of nitrogen functional groups attached to an aromatic ring is 1. The highest BCUT2D eigenvalue weighted by molar-refractivity contribution is 7.15. The maximum atomic E-state index is 5.45. The van der Waals surface area contributed by atoms with Gasteiger partial charge in [0, 0.05) is 10.4 Å². The minimum atomic E-state index is 0.140. The van der Waals surface area contributed by atoms with Gasteiger partial charge in [-0.15, -0.1) is 11.3 Å². The molecule has 3 nitrogen and oxygen atoms in total. The Labute approximate surface area is 118 Å². The highest BCUT2D eigenvalue weighted by atomic mass is 32.1. The van der Waals surface area contributed by atoms with Gasteiger partial charge in [-0.3, -0.25) is 5.43 Å². The summed E-state index contributed by atoms with van der Waals surface area (Å²) < 4.78 is 0. The van der Waals surface area contributed by atoms with Crippen LogP contribution in [0.1, 0.15) is 36.8 Å². The molecule has 0 saturated heterocycles. The summed E-state index contributed by atoms with van der Waals surface area (Å²) >= 11 is 1.58. The van der Waals surface area contributed by atoms with E-state index in [-0.39, 0.29) is 5.41 Å². The smallest absolute Gasteiger partial charge is 0.197 e. The molecule has 4 heteroatoms. The molecule has 1 heterocycles. The molecule has 19 heavy (non-hydrogen) atoms. The van der Waals surface area contributed by atoms with Crippen LogP contribution in [-0.2, 0) is 5.41 Å². The second kappa shape index (κ2) is 4.94. The number of hydrazine groups is 1. The molecule has 0 unspecified atom stereocenters. The molecule has 1 aromatic carbocycles. The predicted octanol–water partition coefficient (Wildman–Crippen LogP) is 4.01. The Kier molecular flexibility index (Phi) is 3.65. The molecule has 0 aliphatic carbocycles. The van der Waals surface area contributed by atoms with E-state index >= 15 is 0 Å². The zero-order valence-electron chi connectivity index (χ0n) is 12.2. The van der Waals surface area contributed by atoms with Crippen molar-refractivity contribution < 1.29 is 0 Å². The quantitative estimate of drug-likeness (QED) is 0.643. The summed E-state index contributed by atoms with van der Waals surface area (Å²) in [6.45, 7) is 10.9. The summed E-state index contributed by atoms with van der Waals surface area (Å²) in [6.07, 6.45) is 0. The van der Waals surface area contributed by atoms with Crippen molar-refractivity contribution in [3.8, 4) is 11.3 Å². The van der Waals surface area contributed by atoms with Gasteiger partial charge in [0.15, 0.2) is 5.13 Å². The summed E-state index contributed by atoms with van der Waals surface area (Å²) in [6, 6.07) is 6.62. The monoisotopic (exact) mass is 275 g/mol. The van der Waals surface area contributed by atoms with Crippen LogP contribution in [0.4, 0.5) is 5.13 Å². The highest BCUT2D eigenvalue weighted by Gasteiger charge is 2.17. The fraction of sp³-hybridized carbons (Fsp3) is 0.400. The summed E-state index contributed by atoms with van der Waals surface area (Å²) in [5.41, 5.74) is 7.56. The summed E-state index contributed by atoms with van der Waals surface area (Å²) in [5, 5.41) is 0.757. The minimum Gasteiger partial charge on any atom is -0.300 e. The topological polar surface area (TPSA) is 50.9 Å². The molecule has 2 rings (SSSR count). The average molecular weight is 275 g/mol. The van der Waals surface area contributed by atoms with E-state index in [1.54, 1.807) is 11.3 Å². The van der Waals surface area contributed by atoms with Crippen molar-refractivity contribution in [1.82, 2.24) is 4.98 Å². The van der Waals surface area contributed by atoms with Crippen molar-refractivity contribution >= 4 is 16.5 Å². The molecule has 102 valence electrons. The van der Waals surface area contributed by atoms with Gasteiger partial charge < -0.3 is 0 Å². The Morgan fingerprint density at radius 3 is 2.42 bits per heavy atom. The third-order valence-corrected chi connectivity index (χ3v) is 4.18. The van der Waals surface area contributed by atoms with E-state index in [0.717, 1.165) is 10.8 Å². The summed E-state index contributed by atoms with van der Waals surface area (Å²) in [4.78, 5) is 5.75. The number of hydrogen-bond acceptors (Lipinski definition) is 4. The summed E-state index contributed by atoms with van der Waals surface area (Å²) in [7, 11) is 0. The molecule has 1 aromatic heterocycles. The lowest BCUT2D eigenvalue weighted by Gasteiger charge is -2.20. The Balaban J connectivity index is 2.57. The second-order valence-electron chi connectivity index (χ2n) is 5.85. The molecule has 0 saturated carbocycles. The first kappa shape index (κ1) is 14.0. The number of aromatic nitrogens is 1. The molecule has 0 radical (unpaired) electrons. The second-order valence-corrected chi connectivity index (χ2v) is 7.05. The van der Waals surface area contributed by atoms with Gasteiger partial charge in [-0.1, -0.05) is 32.9 Å². The van der Waals surface area contributed by atoms with E-state index in [9.17, 15) is 0 Å². The molecule has 0 fully saturated rings. The Morgan fingerprint density at radius 2 is 1.89 bits per heavy atom. The molecule has 2 aromatic rings. The predicted molar refractivity (Wildman–Crippen MR) is 83.5 cm³/mol. The Morgan fingerprint density at radius 1 is 1.21 bits per heavy atom. The number of nitrogens with zero attached hydrogens (tertiary/aromatic N) is 1. The first-order valence-corrected chi connectivity index (χ1v) is 7.20.